The van der Waals surface area contributed by atoms with Gasteiger partial charge in [0.25, 0.3) is 0 Å². The normalized spacial score (nSPS) is 11.6. The van der Waals surface area contributed by atoms with Crippen LogP contribution in [0.5, 0.6) is 5.88 Å². The molecular formula is C11H9F3N2O3. The average Bonchev–Trinajstić information content (AvgIpc) is 2.72. The van der Waals surface area contributed by atoms with Gasteiger partial charge < -0.3 is 9.47 Å². The largest absolute Gasteiger partial charge is 0.574 e. The predicted octanol–water partition coefficient (Wildman–Crippen LogP) is 2.41. The van der Waals surface area contributed by atoms with Crippen molar-refractivity contribution in [1.29, 1.82) is 0 Å². The number of carbonyl (C=O) groups excluding carboxylic acids is 1. The lowest BCUT2D eigenvalue weighted by molar-refractivity contribution is -0.276. The third-order valence-corrected chi connectivity index (χ3v) is 2.16. The summed E-state index contributed by atoms with van der Waals surface area (Å²) in [5, 5.41) is 0. The fraction of sp³-hybridized carbons (Fsp3) is 0.273. The first-order valence-corrected chi connectivity index (χ1v) is 5.31. The summed E-state index contributed by atoms with van der Waals surface area (Å²) in [7, 11) is 0. The highest BCUT2D eigenvalue weighted by atomic mass is 19.4. The molecule has 0 aliphatic rings. The third kappa shape index (κ3) is 2.95. The first-order valence-electron chi connectivity index (χ1n) is 5.31. The summed E-state index contributed by atoms with van der Waals surface area (Å²) in [4.78, 5) is 15.3. The molecule has 0 saturated carbocycles. The van der Waals surface area contributed by atoms with Crippen LogP contribution in [0.1, 0.15) is 17.4 Å². The number of alkyl halides is 3. The van der Waals surface area contributed by atoms with E-state index in [1.54, 1.807) is 6.92 Å². The number of imidazole rings is 1. The summed E-state index contributed by atoms with van der Waals surface area (Å²) in [6.07, 6.45) is -3.68. The molecule has 0 unspecified atom stereocenters. The molecule has 0 aliphatic heterocycles. The number of nitrogens with zero attached hydrogens (tertiary/aromatic N) is 2. The molecule has 0 amide bonds. The molecule has 0 atom stereocenters. The Morgan fingerprint density at radius 1 is 1.42 bits per heavy atom. The SMILES string of the molecule is CCOC(=O)c1cn2c(OC(F)(F)F)cccc2n1. The Hall–Kier alpha value is -2.25. The van der Waals surface area contributed by atoms with Crippen LogP contribution in [0.3, 0.4) is 0 Å². The summed E-state index contributed by atoms with van der Waals surface area (Å²) in [6, 6.07) is 3.92. The molecule has 0 aliphatic carbocycles. The van der Waals surface area contributed by atoms with Gasteiger partial charge in [0, 0.05) is 6.20 Å². The minimum atomic E-state index is -4.82. The molecule has 2 rings (SSSR count). The zero-order valence-corrected chi connectivity index (χ0v) is 9.77. The Kier molecular flexibility index (Phi) is 3.32. The lowest BCUT2D eigenvalue weighted by Gasteiger charge is -2.09. The molecule has 0 bridgehead atoms. The highest BCUT2D eigenvalue weighted by Gasteiger charge is 2.32. The van der Waals surface area contributed by atoms with Crippen LogP contribution in [0.4, 0.5) is 13.2 Å². The number of carbonyl (C=O) groups is 1. The smallest absolute Gasteiger partial charge is 0.461 e. The lowest BCUT2D eigenvalue weighted by atomic mass is 10.4. The standard InChI is InChI=1S/C11H9F3N2O3/c1-2-18-10(17)7-6-16-8(15-7)4-3-5-9(16)19-11(12,13)14/h3-6H,2H2,1H3. The summed E-state index contributed by atoms with van der Waals surface area (Å²) < 4.78 is 46.2. The van der Waals surface area contributed by atoms with E-state index in [1.165, 1.54) is 12.1 Å². The maximum absolute atomic E-state index is 12.2. The van der Waals surface area contributed by atoms with Gasteiger partial charge in [-0.25, -0.2) is 9.78 Å². The summed E-state index contributed by atoms with van der Waals surface area (Å²) in [5.41, 5.74) is 0.0740. The Morgan fingerprint density at radius 3 is 2.79 bits per heavy atom. The van der Waals surface area contributed by atoms with E-state index < -0.39 is 18.2 Å². The van der Waals surface area contributed by atoms with Crippen molar-refractivity contribution in [2.24, 2.45) is 0 Å². The Morgan fingerprint density at radius 2 is 2.16 bits per heavy atom. The number of pyridine rings is 1. The summed E-state index contributed by atoms with van der Waals surface area (Å²) >= 11 is 0. The van der Waals surface area contributed by atoms with Gasteiger partial charge in [0.2, 0.25) is 5.88 Å². The van der Waals surface area contributed by atoms with E-state index >= 15 is 0 Å². The van der Waals surface area contributed by atoms with Crippen LogP contribution in [0.2, 0.25) is 0 Å². The molecule has 8 heteroatoms. The molecule has 0 spiro atoms. The lowest BCUT2D eigenvalue weighted by Crippen LogP contribution is -2.18. The van der Waals surface area contributed by atoms with Gasteiger partial charge in [-0.05, 0) is 19.1 Å². The summed E-state index contributed by atoms with van der Waals surface area (Å²) in [5.74, 6) is -1.18. The van der Waals surface area contributed by atoms with E-state index in [4.69, 9.17) is 4.74 Å². The topological polar surface area (TPSA) is 52.8 Å². The number of ether oxygens (including phenoxy) is 2. The van der Waals surface area contributed by atoms with Crippen LogP contribution in [0, 0.1) is 0 Å². The minimum absolute atomic E-state index is 0.0833. The molecule has 2 aromatic rings. The highest BCUT2D eigenvalue weighted by Crippen LogP contribution is 2.24. The van der Waals surface area contributed by atoms with Gasteiger partial charge in [-0.15, -0.1) is 13.2 Å². The monoisotopic (exact) mass is 274 g/mol. The predicted molar refractivity (Wildman–Crippen MR) is 57.8 cm³/mol. The number of esters is 1. The molecule has 0 fully saturated rings. The number of rotatable bonds is 3. The Balaban J connectivity index is 2.42. The fourth-order valence-electron chi connectivity index (χ4n) is 1.49. The van der Waals surface area contributed by atoms with Gasteiger partial charge in [0.15, 0.2) is 5.69 Å². The Bertz CT molecular complexity index is 607. The van der Waals surface area contributed by atoms with Gasteiger partial charge in [0.1, 0.15) is 5.65 Å². The number of halogens is 3. The fourth-order valence-corrected chi connectivity index (χ4v) is 1.49. The number of hydrogen-bond acceptors (Lipinski definition) is 4. The van der Waals surface area contributed by atoms with Gasteiger partial charge in [-0.2, -0.15) is 0 Å². The van der Waals surface area contributed by atoms with Crippen molar-refractivity contribution in [3.8, 4) is 5.88 Å². The van der Waals surface area contributed by atoms with Crippen LogP contribution in [-0.2, 0) is 4.74 Å². The second-order valence-corrected chi connectivity index (χ2v) is 3.49. The van der Waals surface area contributed by atoms with Crippen LogP contribution in [0.25, 0.3) is 5.65 Å². The second kappa shape index (κ2) is 4.79. The van der Waals surface area contributed by atoms with Crippen molar-refractivity contribution in [1.82, 2.24) is 9.38 Å². The number of hydrogen-bond donors (Lipinski definition) is 0. The maximum Gasteiger partial charge on any atom is 0.574 e. The maximum atomic E-state index is 12.2. The molecule has 0 aromatic carbocycles. The van der Waals surface area contributed by atoms with Gasteiger partial charge >= 0.3 is 12.3 Å². The van der Waals surface area contributed by atoms with Crippen molar-refractivity contribution >= 4 is 11.6 Å². The first kappa shape index (κ1) is 13.2. The van der Waals surface area contributed by atoms with E-state index in [9.17, 15) is 18.0 Å². The van der Waals surface area contributed by atoms with Crippen molar-refractivity contribution in [2.45, 2.75) is 13.3 Å². The summed E-state index contributed by atoms with van der Waals surface area (Å²) in [6.45, 7) is 1.77. The van der Waals surface area contributed by atoms with Crippen LogP contribution < -0.4 is 4.74 Å². The van der Waals surface area contributed by atoms with E-state index in [1.807, 2.05) is 0 Å². The van der Waals surface area contributed by atoms with Crippen molar-refractivity contribution in [2.75, 3.05) is 6.61 Å². The van der Waals surface area contributed by atoms with E-state index in [0.29, 0.717) is 0 Å². The highest BCUT2D eigenvalue weighted by molar-refractivity contribution is 5.88. The van der Waals surface area contributed by atoms with E-state index in [2.05, 4.69) is 9.72 Å². The molecule has 102 valence electrons. The van der Waals surface area contributed by atoms with Crippen molar-refractivity contribution in [3.05, 3.63) is 30.1 Å². The molecular weight excluding hydrogens is 265 g/mol. The minimum Gasteiger partial charge on any atom is -0.461 e. The van der Waals surface area contributed by atoms with Gasteiger partial charge in [-0.1, -0.05) is 6.07 Å². The third-order valence-electron chi connectivity index (χ3n) is 2.16. The van der Waals surface area contributed by atoms with Crippen molar-refractivity contribution < 1.29 is 27.4 Å². The molecule has 19 heavy (non-hydrogen) atoms. The quantitative estimate of drug-likeness (QED) is 0.806. The van der Waals surface area contributed by atoms with E-state index in [0.717, 1.165) is 16.7 Å². The van der Waals surface area contributed by atoms with Crippen LogP contribution in [-0.4, -0.2) is 28.3 Å². The van der Waals surface area contributed by atoms with Crippen molar-refractivity contribution in [3.63, 3.8) is 0 Å². The van der Waals surface area contributed by atoms with Crippen LogP contribution >= 0.6 is 0 Å². The molecule has 0 radical (unpaired) electrons. The number of fused-ring (bicyclic) bond motifs is 1. The second-order valence-electron chi connectivity index (χ2n) is 3.49. The van der Waals surface area contributed by atoms with E-state index in [-0.39, 0.29) is 17.9 Å². The Labute approximate surface area is 105 Å². The molecule has 0 N–H and O–H groups in total. The molecule has 2 heterocycles. The first-order chi connectivity index (χ1) is 8.90. The van der Waals surface area contributed by atoms with Gasteiger partial charge in [0.05, 0.1) is 6.61 Å². The number of aromatic nitrogens is 2. The average molecular weight is 274 g/mol. The van der Waals surface area contributed by atoms with Crippen LogP contribution in [0.15, 0.2) is 24.4 Å². The molecule has 5 nitrogen and oxygen atoms in total. The zero-order valence-electron chi connectivity index (χ0n) is 9.77. The van der Waals surface area contributed by atoms with Gasteiger partial charge in [-0.3, -0.25) is 4.40 Å². The zero-order chi connectivity index (χ0) is 14.0. The molecule has 0 saturated heterocycles. The molecule has 2 aromatic heterocycles.